The van der Waals surface area contributed by atoms with Gasteiger partial charge in [-0.15, -0.1) is 10.2 Å². The Morgan fingerprint density at radius 2 is 1.47 bits per heavy atom. The zero-order chi connectivity index (χ0) is 33.9. The molecule has 14 heteroatoms. The smallest absolute Gasteiger partial charge is 0.416 e. The number of carbonyl (C=O) groups excluding carboxylic acids is 1. The van der Waals surface area contributed by atoms with Crippen LogP contribution in [0.3, 0.4) is 0 Å². The molecule has 0 bridgehead atoms. The summed E-state index contributed by atoms with van der Waals surface area (Å²) in [6.07, 6.45) is -8.79. The van der Waals surface area contributed by atoms with E-state index in [1.807, 2.05) is 6.07 Å². The number of hydrogen-bond donors (Lipinski definition) is 1. The van der Waals surface area contributed by atoms with Crippen LogP contribution in [-0.4, -0.2) is 50.6 Å². The summed E-state index contributed by atoms with van der Waals surface area (Å²) in [4.78, 5) is 15.4. The average molecular weight is 663 g/mol. The molecule has 8 nitrogen and oxygen atoms in total. The highest BCUT2D eigenvalue weighted by Crippen LogP contribution is 2.45. The third-order valence-corrected chi connectivity index (χ3v) is 8.62. The summed E-state index contributed by atoms with van der Waals surface area (Å²) < 4.78 is 95.2. The van der Waals surface area contributed by atoms with Gasteiger partial charge in [0.15, 0.2) is 0 Å². The Morgan fingerprint density at radius 3 is 2.02 bits per heavy atom. The summed E-state index contributed by atoms with van der Waals surface area (Å²) in [5.41, 5.74) is -4.31. The number of aliphatic hydroxyl groups excluding tert-OH is 1. The third kappa shape index (κ3) is 7.28. The number of benzene rings is 3. The van der Waals surface area contributed by atoms with Gasteiger partial charge in [0.2, 0.25) is 0 Å². The zero-order valence-electron chi connectivity index (χ0n) is 25.2. The molecule has 1 fully saturated rings. The first-order valence-electron chi connectivity index (χ1n) is 14.7. The van der Waals surface area contributed by atoms with E-state index in [4.69, 9.17) is 9.47 Å². The molecule has 250 valence electrons. The molecule has 1 saturated heterocycles. The summed E-state index contributed by atoms with van der Waals surface area (Å²) in [6.45, 7) is 0.440. The summed E-state index contributed by atoms with van der Waals surface area (Å²) >= 11 is 0. The topological polar surface area (TPSA) is 89.7 Å². The minimum Gasteiger partial charge on any atom is -0.445 e. The van der Waals surface area contributed by atoms with Crippen LogP contribution < -0.4 is 0 Å². The van der Waals surface area contributed by atoms with Gasteiger partial charge in [-0.3, -0.25) is 4.90 Å². The van der Waals surface area contributed by atoms with Gasteiger partial charge >= 0.3 is 18.4 Å². The van der Waals surface area contributed by atoms with Gasteiger partial charge in [0.1, 0.15) is 19.3 Å². The molecule has 0 spiro atoms. The molecule has 1 unspecified atom stereocenters. The molecule has 0 aliphatic carbocycles. The van der Waals surface area contributed by atoms with Crippen LogP contribution in [0.4, 0.5) is 31.1 Å². The molecule has 0 saturated carbocycles. The van der Waals surface area contributed by atoms with Crippen LogP contribution in [0.5, 0.6) is 0 Å². The Bertz CT molecular complexity index is 1600. The van der Waals surface area contributed by atoms with Gasteiger partial charge in [-0.2, -0.15) is 26.3 Å². The van der Waals surface area contributed by atoms with Gasteiger partial charge in [-0.05, 0) is 54.7 Å². The first kappa shape index (κ1) is 33.9. The maximum Gasteiger partial charge on any atom is 0.416 e. The molecule has 1 aromatic heterocycles. The van der Waals surface area contributed by atoms with Gasteiger partial charge in [0.05, 0.1) is 48.1 Å². The highest BCUT2D eigenvalue weighted by Gasteiger charge is 2.53. The van der Waals surface area contributed by atoms with Crippen molar-refractivity contribution in [1.82, 2.24) is 19.7 Å². The number of halogens is 6. The number of likely N-dealkylation sites (tertiary alicyclic amines) is 1. The van der Waals surface area contributed by atoms with Gasteiger partial charge in [-0.25, -0.2) is 4.79 Å². The third-order valence-electron chi connectivity index (χ3n) is 8.62. The fraction of sp³-hybridized carbons (Fsp3) is 0.364. The van der Waals surface area contributed by atoms with E-state index in [1.54, 1.807) is 59.2 Å². The fourth-order valence-corrected chi connectivity index (χ4v) is 5.86. The number of aliphatic hydroxyl groups is 1. The van der Waals surface area contributed by atoms with Crippen molar-refractivity contribution < 1.29 is 45.7 Å². The maximum absolute atomic E-state index is 14.0. The maximum atomic E-state index is 14.0. The lowest BCUT2D eigenvalue weighted by atomic mass is 9.74. The van der Waals surface area contributed by atoms with Gasteiger partial charge < -0.3 is 19.1 Å². The molecule has 5 rings (SSSR count). The minimum atomic E-state index is -5.03. The van der Waals surface area contributed by atoms with E-state index in [0.717, 1.165) is 0 Å². The number of amides is 1. The van der Waals surface area contributed by atoms with Gasteiger partial charge in [0, 0.05) is 0 Å². The normalized spacial score (nSPS) is 21.0. The molecular weight excluding hydrogens is 630 g/mol. The Hall–Kier alpha value is -4.43. The molecule has 2 heterocycles. The Morgan fingerprint density at radius 1 is 0.894 bits per heavy atom. The predicted octanol–water partition coefficient (Wildman–Crippen LogP) is 7.11. The molecule has 0 radical (unpaired) electrons. The minimum absolute atomic E-state index is 0.0622. The van der Waals surface area contributed by atoms with Crippen LogP contribution in [0.25, 0.3) is 0 Å². The van der Waals surface area contributed by atoms with Crippen LogP contribution in [0.1, 0.15) is 53.7 Å². The number of alkyl halides is 6. The van der Waals surface area contributed by atoms with Gasteiger partial charge in [0.25, 0.3) is 0 Å². The number of ether oxygens (including phenoxy) is 2. The quantitative estimate of drug-likeness (QED) is 0.192. The lowest BCUT2D eigenvalue weighted by Gasteiger charge is -2.53. The van der Waals surface area contributed by atoms with E-state index in [-0.39, 0.29) is 44.2 Å². The second kappa shape index (κ2) is 13.4. The molecule has 1 aliphatic heterocycles. The average Bonchev–Trinajstić information content (AvgIpc) is 3.62. The number of hydrogen-bond acceptors (Lipinski definition) is 6. The second-order valence-corrected chi connectivity index (χ2v) is 11.6. The Kier molecular flexibility index (Phi) is 9.64. The summed E-state index contributed by atoms with van der Waals surface area (Å²) in [7, 11) is 0. The fourth-order valence-electron chi connectivity index (χ4n) is 5.86. The van der Waals surface area contributed by atoms with Crippen molar-refractivity contribution in [2.75, 3.05) is 19.8 Å². The van der Waals surface area contributed by atoms with E-state index in [1.165, 1.54) is 24.5 Å². The monoisotopic (exact) mass is 662 g/mol. The lowest BCUT2D eigenvalue weighted by Crippen LogP contribution is -2.63. The molecule has 47 heavy (non-hydrogen) atoms. The molecule has 1 amide bonds. The number of piperidine rings is 1. The van der Waals surface area contributed by atoms with Crippen molar-refractivity contribution in [1.29, 1.82) is 0 Å². The molecule has 1 N–H and O–H groups in total. The first-order chi connectivity index (χ1) is 22.3. The van der Waals surface area contributed by atoms with Crippen LogP contribution in [-0.2, 0) is 39.5 Å². The van der Waals surface area contributed by atoms with Crippen molar-refractivity contribution >= 4 is 6.09 Å². The SMILES string of the molecule is C[C@@H](OCC1(c2ccccc2)CC[C@@](CO)(n2cnnc2)CN1C(=O)OCc1ccccc1)c1cc(C(F)(F)F)cc(C(F)(F)F)c1. The summed E-state index contributed by atoms with van der Waals surface area (Å²) in [6, 6.07) is 19.0. The van der Waals surface area contributed by atoms with E-state index < -0.39 is 53.4 Å². The van der Waals surface area contributed by atoms with Crippen molar-refractivity contribution in [3.05, 3.63) is 119 Å². The number of nitrogens with zero attached hydrogens (tertiary/aromatic N) is 4. The van der Waals surface area contributed by atoms with E-state index in [9.17, 15) is 36.2 Å². The molecule has 3 atom stereocenters. The Labute approximate surface area is 266 Å². The highest BCUT2D eigenvalue weighted by atomic mass is 19.4. The standard InChI is InChI=1S/C33H32F6N4O4/c1-23(25-14-27(32(34,35)36)16-28(15-25)33(37,38)39)47-20-31(26-10-6-3-7-11-26)13-12-30(19-44,42-21-40-41-22-42)18-43(31)29(45)46-17-24-8-4-2-5-9-24/h2-11,14-16,21-23,44H,12-13,17-20H2,1H3/t23-,30-,31?/m1/s1. The number of rotatable bonds is 9. The molecule has 3 aromatic carbocycles. The number of aromatic nitrogens is 3. The summed E-state index contributed by atoms with van der Waals surface area (Å²) in [5, 5.41) is 18.4. The second-order valence-electron chi connectivity index (χ2n) is 11.6. The van der Waals surface area contributed by atoms with Crippen molar-refractivity contribution in [3.63, 3.8) is 0 Å². The van der Waals surface area contributed by atoms with Crippen molar-refractivity contribution in [3.8, 4) is 0 Å². The molecular formula is C33H32F6N4O4. The van der Waals surface area contributed by atoms with Crippen LogP contribution in [0, 0.1) is 0 Å². The van der Waals surface area contributed by atoms with Crippen molar-refractivity contribution in [2.45, 2.75) is 55.9 Å². The zero-order valence-corrected chi connectivity index (χ0v) is 25.2. The highest BCUT2D eigenvalue weighted by molar-refractivity contribution is 5.70. The van der Waals surface area contributed by atoms with Crippen LogP contribution in [0.2, 0.25) is 0 Å². The molecule has 1 aliphatic rings. The van der Waals surface area contributed by atoms with Gasteiger partial charge in [-0.1, -0.05) is 60.7 Å². The largest absolute Gasteiger partial charge is 0.445 e. The predicted molar refractivity (Wildman–Crippen MR) is 157 cm³/mol. The summed E-state index contributed by atoms with van der Waals surface area (Å²) in [5.74, 6) is 0. The van der Waals surface area contributed by atoms with E-state index >= 15 is 0 Å². The Balaban J connectivity index is 1.53. The van der Waals surface area contributed by atoms with E-state index in [2.05, 4.69) is 10.2 Å². The van der Waals surface area contributed by atoms with Crippen LogP contribution >= 0.6 is 0 Å². The van der Waals surface area contributed by atoms with Crippen molar-refractivity contribution in [2.24, 2.45) is 0 Å². The van der Waals surface area contributed by atoms with E-state index in [0.29, 0.717) is 23.3 Å². The molecule has 4 aromatic rings. The number of carbonyl (C=O) groups is 1. The first-order valence-corrected chi connectivity index (χ1v) is 14.7. The van der Waals surface area contributed by atoms with Crippen LogP contribution in [0.15, 0.2) is 91.5 Å². The lowest BCUT2D eigenvalue weighted by molar-refractivity contribution is -0.143.